The molecule has 0 heterocycles. The van der Waals surface area contributed by atoms with Gasteiger partial charge in [0.15, 0.2) is 9.84 Å². The zero-order valence-corrected chi connectivity index (χ0v) is 12.3. The highest BCUT2D eigenvalue weighted by Crippen LogP contribution is 2.10. The van der Waals surface area contributed by atoms with Gasteiger partial charge in [0, 0.05) is 11.8 Å². The predicted octanol–water partition coefficient (Wildman–Crippen LogP) is 1.95. The fourth-order valence-corrected chi connectivity index (χ4v) is 2.30. The topological polar surface area (TPSA) is 72.5 Å². The number of rotatable bonds is 5. The van der Waals surface area contributed by atoms with Crippen LogP contribution in [0.2, 0.25) is 0 Å². The number of benzene rings is 2. The van der Waals surface area contributed by atoms with Crippen LogP contribution >= 0.6 is 0 Å². The minimum Gasteiger partial charge on any atom is -0.269 e. The van der Waals surface area contributed by atoms with Crippen molar-refractivity contribution in [3.05, 3.63) is 65.7 Å². The molecular formula is C15H15NO4S. The molecule has 110 valence electrons. The van der Waals surface area contributed by atoms with Crippen LogP contribution in [0.25, 0.3) is 0 Å². The van der Waals surface area contributed by atoms with E-state index in [1.165, 1.54) is 24.3 Å². The Morgan fingerprint density at radius 3 is 2.24 bits per heavy atom. The maximum atomic E-state index is 11.8. The zero-order valence-electron chi connectivity index (χ0n) is 11.4. The predicted molar refractivity (Wildman–Crippen MR) is 78.2 cm³/mol. The highest BCUT2D eigenvalue weighted by Gasteiger charge is 2.09. The van der Waals surface area contributed by atoms with Crippen LogP contribution in [0.5, 0.6) is 0 Å². The number of sulfone groups is 1. The van der Waals surface area contributed by atoms with Gasteiger partial charge in [-0.2, -0.15) is 0 Å². The van der Waals surface area contributed by atoms with E-state index in [1.807, 2.05) is 30.3 Å². The van der Waals surface area contributed by atoms with Crippen molar-refractivity contribution in [2.24, 2.45) is 0 Å². The number of nitrogens with one attached hydrogen (secondary N) is 1. The third-order valence-electron chi connectivity index (χ3n) is 2.79. The van der Waals surface area contributed by atoms with Crippen LogP contribution < -0.4 is 5.48 Å². The van der Waals surface area contributed by atoms with Crippen molar-refractivity contribution in [3.63, 3.8) is 0 Å². The molecule has 0 aromatic heterocycles. The second-order valence-corrected chi connectivity index (χ2v) is 6.52. The molecule has 1 amide bonds. The van der Waals surface area contributed by atoms with Crippen molar-refractivity contribution in [1.82, 2.24) is 5.48 Å². The van der Waals surface area contributed by atoms with E-state index in [9.17, 15) is 13.2 Å². The van der Waals surface area contributed by atoms with Crippen LogP contribution in [0.3, 0.4) is 0 Å². The minimum absolute atomic E-state index is 0.171. The molecule has 0 aliphatic carbocycles. The molecule has 0 radical (unpaired) electrons. The summed E-state index contributed by atoms with van der Waals surface area (Å²) in [5, 5.41) is 0. The lowest BCUT2D eigenvalue weighted by molar-refractivity contribution is 0.0233. The fourth-order valence-electron chi connectivity index (χ4n) is 1.67. The van der Waals surface area contributed by atoms with Crippen molar-refractivity contribution >= 4 is 15.7 Å². The standard InChI is InChI=1S/C15H15NO4S/c1-21(18,19)14-9-7-13(8-10-14)15(17)16-20-11-12-5-3-2-4-6-12/h2-10H,11H2,1H3,(H,16,17). The Hall–Kier alpha value is -2.18. The van der Waals surface area contributed by atoms with Gasteiger partial charge in [0.1, 0.15) is 0 Å². The van der Waals surface area contributed by atoms with Gasteiger partial charge in [-0.05, 0) is 29.8 Å². The summed E-state index contributed by atoms with van der Waals surface area (Å²) in [4.78, 5) is 17.1. The maximum Gasteiger partial charge on any atom is 0.274 e. The Morgan fingerprint density at radius 1 is 1.05 bits per heavy atom. The first-order chi connectivity index (χ1) is 9.97. The molecule has 0 atom stereocenters. The fraction of sp³-hybridized carbons (Fsp3) is 0.133. The summed E-state index contributed by atoms with van der Waals surface area (Å²) in [7, 11) is -3.26. The van der Waals surface area contributed by atoms with E-state index in [0.29, 0.717) is 5.56 Å². The molecule has 2 aromatic carbocycles. The van der Waals surface area contributed by atoms with Gasteiger partial charge in [0.05, 0.1) is 11.5 Å². The molecule has 2 rings (SSSR count). The average Bonchev–Trinajstić information content (AvgIpc) is 2.47. The van der Waals surface area contributed by atoms with Crippen LogP contribution in [-0.2, 0) is 21.3 Å². The molecular weight excluding hydrogens is 290 g/mol. The van der Waals surface area contributed by atoms with E-state index < -0.39 is 15.7 Å². The number of hydrogen-bond acceptors (Lipinski definition) is 4. The number of carbonyl (C=O) groups excluding carboxylic acids is 1. The van der Waals surface area contributed by atoms with Crippen LogP contribution in [0.15, 0.2) is 59.5 Å². The summed E-state index contributed by atoms with van der Waals surface area (Å²) in [6, 6.07) is 15.1. The van der Waals surface area contributed by atoms with Gasteiger partial charge in [0.2, 0.25) is 0 Å². The number of amides is 1. The van der Waals surface area contributed by atoms with E-state index in [1.54, 1.807) is 0 Å². The highest BCUT2D eigenvalue weighted by molar-refractivity contribution is 7.90. The Kier molecular flexibility index (Phi) is 4.72. The van der Waals surface area contributed by atoms with Gasteiger partial charge >= 0.3 is 0 Å². The van der Waals surface area contributed by atoms with Crippen molar-refractivity contribution < 1.29 is 18.0 Å². The second kappa shape index (κ2) is 6.51. The molecule has 6 heteroatoms. The largest absolute Gasteiger partial charge is 0.274 e. The summed E-state index contributed by atoms with van der Waals surface area (Å²) in [6.45, 7) is 0.258. The Bertz CT molecular complexity index is 709. The summed E-state index contributed by atoms with van der Waals surface area (Å²) in [6.07, 6.45) is 1.12. The third kappa shape index (κ3) is 4.40. The van der Waals surface area contributed by atoms with E-state index in [2.05, 4.69) is 5.48 Å². The van der Waals surface area contributed by atoms with E-state index in [-0.39, 0.29) is 11.5 Å². The molecule has 1 N–H and O–H groups in total. The Balaban J connectivity index is 1.92. The lowest BCUT2D eigenvalue weighted by Gasteiger charge is -2.06. The lowest BCUT2D eigenvalue weighted by atomic mass is 10.2. The van der Waals surface area contributed by atoms with E-state index in [0.717, 1.165) is 11.8 Å². The van der Waals surface area contributed by atoms with Crippen LogP contribution in [0.4, 0.5) is 0 Å². The molecule has 0 bridgehead atoms. The minimum atomic E-state index is -3.26. The molecule has 21 heavy (non-hydrogen) atoms. The van der Waals surface area contributed by atoms with Gasteiger partial charge in [-0.25, -0.2) is 13.9 Å². The second-order valence-electron chi connectivity index (χ2n) is 4.50. The smallest absolute Gasteiger partial charge is 0.269 e. The molecule has 0 aliphatic heterocycles. The van der Waals surface area contributed by atoms with Gasteiger partial charge in [-0.3, -0.25) is 9.63 Å². The highest BCUT2D eigenvalue weighted by atomic mass is 32.2. The summed E-state index contributed by atoms with van der Waals surface area (Å²) >= 11 is 0. The lowest BCUT2D eigenvalue weighted by Crippen LogP contribution is -2.23. The first-order valence-corrected chi connectivity index (χ1v) is 8.12. The molecule has 0 aliphatic rings. The normalized spacial score (nSPS) is 11.1. The number of hydrogen-bond donors (Lipinski definition) is 1. The van der Waals surface area contributed by atoms with Crippen molar-refractivity contribution in [2.75, 3.05) is 6.26 Å². The van der Waals surface area contributed by atoms with Crippen molar-refractivity contribution in [2.45, 2.75) is 11.5 Å². The van der Waals surface area contributed by atoms with E-state index in [4.69, 9.17) is 4.84 Å². The first kappa shape index (κ1) is 15.2. The molecule has 0 saturated carbocycles. The molecule has 0 spiro atoms. The monoisotopic (exact) mass is 305 g/mol. The van der Waals surface area contributed by atoms with Crippen molar-refractivity contribution in [1.29, 1.82) is 0 Å². The molecule has 0 saturated heterocycles. The van der Waals surface area contributed by atoms with Crippen LogP contribution in [0.1, 0.15) is 15.9 Å². The zero-order chi connectivity index (χ0) is 15.3. The molecule has 5 nitrogen and oxygen atoms in total. The quantitative estimate of drug-likeness (QED) is 0.857. The molecule has 0 unspecified atom stereocenters. The van der Waals surface area contributed by atoms with Crippen molar-refractivity contribution in [3.8, 4) is 0 Å². The third-order valence-corrected chi connectivity index (χ3v) is 3.92. The van der Waals surface area contributed by atoms with Crippen LogP contribution in [-0.4, -0.2) is 20.6 Å². The molecule has 0 fully saturated rings. The van der Waals surface area contributed by atoms with Gasteiger partial charge in [-0.15, -0.1) is 0 Å². The van der Waals surface area contributed by atoms with Crippen LogP contribution in [0, 0.1) is 0 Å². The van der Waals surface area contributed by atoms with Gasteiger partial charge < -0.3 is 0 Å². The average molecular weight is 305 g/mol. The number of hydroxylamine groups is 1. The van der Waals surface area contributed by atoms with Gasteiger partial charge in [-0.1, -0.05) is 30.3 Å². The Morgan fingerprint density at radius 2 is 1.67 bits per heavy atom. The first-order valence-electron chi connectivity index (χ1n) is 6.23. The Labute approximate surface area is 123 Å². The summed E-state index contributed by atoms with van der Waals surface area (Å²) in [5.74, 6) is -0.425. The molecule has 2 aromatic rings. The number of carbonyl (C=O) groups is 1. The SMILES string of the molecule is CS(=O)(=O)c1ccc(C(=O)NOCc2ccccc2)cc1. The summed E-state index contributed by atoms with van der Waals surface area (Å²) < 4.78 is 22.6. The van der Waals surface area contributed by atoms with Gasteiger partial charge in [0.25, 0.3) is 5.91 Å². The summed E-state index contributed by atoms with van der Waals surface area (Å²) in [5.41, 5.74) is 3.58. The maximum absolute atomic E-state index is 11.8. The van der Waals surface area contributed by atoms with E-state index >= 15 is 0 Å².